The molecular weight excluding hydrogens is 935 g/mol. The Bertz CT molecular complexity index is 3010. The van der Waals surface area contributed by atoms with Crippen molar-refractivity contribution in [3.63, 3.8) is 0 Å². The van der Waals surface area contributed by atoms with Crippen molar-refractivity contribution in [3.05, 3.63) is 221 Å². The molecule has 66 heavy (non-hydrogen) atoms. The molecule has 0 fully saturated rings. The van der Waals surface area contributed by atoms with Crippen LogP contribution in [0.25, 0.3) is 67.8 Å². The molecule has 4 heteroatoms. The topological polar surface area (TPSA) is 0 Å². The molecule has 0 aromatic heterocycles. The second-order valence-electron chi connectivity index (χ2n) is 18.8. The van der Waals surface area contributed by atoms with Gasteiger partial charge in [-0.25, -0.2) is 0 Å². The molecule has 11 rings (SSSR count). The van der Waals surface area contributed by atoms with Gasteiger partial charge in [0.05, 0.1) is 0 Å². The van der Waals surface area contributed by atoms with Crippen LogP contribution in [0.5, 0.6) is 0 Å². The van der Waals surface area contributed by atoms with Crippen LogP contribution in [-0.4, -0.2) is 9.52 Å². The minimum atomic E-state index is -5.80. The molecule has 8 aromatic carbocycles. The number of rotatable bonds is 13. The third-order valence-electron chi connectivity index (χ3n) is 14.9. The molecule has 3 aliphatic rings. The fourth-order valence-corrected chi connectivity index (χ4v) is 40.1. The van der Waals surface area contributed by atoms with E-state index in [1.807, 2.05) is 0 Å². The van der Waals surface area contributed by atoms with Crippen molar-refractivity contribution in [1.82, 2.24) is 0 Å². The second kappa shape index (κ2) is 17.9. The zero-order valence-corrected chi connectivity index (χ0v) is 43.3. The van der Waals surface area contributed by atoms with Gasteiger partial charge in [0.1, 0.15) is 0 Å². The average molecular weight is 990 g/mol. The maximum atomic E-state index is 9.59. The van der Waals surface area contributed by atoms with E-state index in [-0.39, 0.29) is 7.25 Å². The summed E-state index contributed by atoms with van der Waals surface area (Å²) in [5.74, 6) is 0. The van der Waals surface area contributed by atoms with Gasteiger partial charge in [-0.05, 0) is 0 Å². The Morgan fingerprint density at radius 3 is 1.32 bits per heavy atom. The van der Waals surface area contributed by atoms with E-state index in [0.717, 1.165) is 38.5 Å². The Kier molecular flexibility index (Phi) is 11.8. The predicted molar refractivity (Wildman–Crippen MR) is 286 cm³/mol. The predicted octanol–water partition coefficient (Wildman–Crippen LogP) is 15.7. The van der Waals surface area contributed by atoms with Crippen LogP contribution >= 0.6 is 17.0 Å². The van der Waals surface area contributed by atoms with E-state index in [0.29, 0.717) is 0 Å². The summed E-state index contributed by atoms with van der Waals surface area (Å²) in [6.07, 6.45) is 11.4. The molecule has 0 radical (unpaired) electrons. The van der Waals surface area contributed by atoms with Crippen molar-refractivity contribution < 1.29 is 16.4 Å². The van der Waals surface area contributed by atoms with E-state index in [4.69, 9.17) is 0 Å². The molecule has 8 aromatic rings. The quantitative estimate of drug-likeness (QED) is 0.101. The van der Waals surface area contributed by atoms with Crippen molar-refractivity contribution in [2.24, 2.45) is 0 Å². The molecule has 0 nitrogen and oxygen atoms in total. The Morgan fingerprint density at radius 2 is 0.848 bits per heavy atom. The van der Waals surface area contributed by atoms with Crippen LogP contribution in [0.1, 0.15) is 81.9 Å². The normalized spacial score (nSPS) is 16.8. The average Bonchev–Trinajstić information content (AvgIpc) is 4.08. The van der Waals surface area contributed by atoms with E-state index in [9.17, 15) is 17.0 Å². The summed E-state index contributed by atoms with van der Waals surface area (Å²) in [4.78, 5) is 0. The first kappa shape index (κ1) is 43.5. The molecule has 0 spiro atoms. The molecule has 0 saturated carbocycles. The van der Waals surface area contributed by atoms with Crippen LogP contribution in [0.2, 0.25) is 0 Å². The molecule has 0 saturated heterocycles. The molecule has 2 unspecified atom stereocenters. The van der Waals surface area contributed by atoms with Gasteiger partial charge >= 0.3 is 405 Å². The third-order valence-corrected chi connectivity index (χ3v) is 37.7. The Hall–Kier alpha value is -5.08. The van der Waals surface area contributed by atoms with Crippen LogP contribution in [0, 0.1) is 0 Å². The van der Waals surface area contributed by atoms with Crippen molar-refractivity contribution >= 4 is 52.3 Å². The summed E-state index contributed by atoms with van der Waals surface area (Å²) in [6, 6.07) is 69.8. The Balaban J connectivity index is 1.25. The summed E-state index contributed by atoms with van der Waals surface area (Å²) in [6.45, 7) is 4.63. The molecule has 0 bridgehead atoms. The molecular formula is C62H55Cl2SiZr. The zero-order chi connectivity index (χ0) is 44.9. The van der Waals surface area contributed by atoms with Crippen molar-refractivity contribution in [2.45, 2.75) is 59.6 Å². The maximum absolute atomic E-state index is 9.59. The zero-order valence-electron chi connectivity index (χ0n) is 37.9. The first-order valence-electron chi connectivity index (χ1n) is 24.1. The van der Waals surface area contributed by atoms with Gasteiger partial charge in [0.25, 0.3) is 0 Å². The van der Waals surface area contributed by atoms with Gasteiger partial charge in [-0.2, -0.15) is 0 Å². The van der Waals surface area contributed by atoms with Gasteiger partial charge in [-0.15, -0.1) is 0 Å². The molecule has 0 amide bonds. The first-order chi connectivity index (χ1) is 32.4. The first-order valence-corrected chi connectivity index (χ1v) is 35.9. The Labute approximate surface area is 402 Å². The second-order valence-corrected chi connectivity index (χ2v) is 41.2. The summed E-state index contributed by atoms with van der Waals surface area (Å²) in [5.41, 5.74) is 20.6. The van der Waals surface area contributed by atoms with Crippen molar-refractivity contribution in [1.29, 1.82) is 0 Å². The van der Waals surface area contributed by atoms with Crippen LogP contribution in [0.4, 0.5) is 0 Å². The van der Waals surface area contributed by atoms with E-state index >= 15 is 0 Å². The van der Waals surface area contributed by atoms with Gasteiger partial charge in [0.15, 0.2) is 0 Å². The number of unbranched alkanes of at least 4 members (excludes halogenated alkanes) is 2. The SMILES string of the molecule is CCCCC1=Cc2c(ccc(-c3ccccc3)c2-c2ccccc2)[CH]1[Zr]([Cl])([Cl])([c]1cccc2c1[SiH2]c1ccccc1-2)[CH]1C(CCCC)=Cc2c1ccc(-c1ccccc1)c2-c1ccccc1. The summed E-state index contributed by atoms with van der Waals surface area (Å²) >= 11 is -5.80. The van der Waals surface area contributed by atoms with E-state index in [1.165, 1.54) is 103 Å². The van der Waals surface area contributed by atoms with Crippen molar-refractivity contribution in [3.8, 4) is 55.6 Å². The Morgan fingerprint density at radius 1 is 0.424 bits per heavy atom. The number of benzene rings is 8. The number of allylic oxidation sites excluding steroid dienone is 2. The standard InChI is InChI=1S/2C25H23.C12H9Si.2ClH.Zr/c2*1-2-3-10-19-17-22-15-16-23(20-11-6-4-7-12-20)25(24(22)18-19)21-13-8-5-9-14-21;1-3-7-11-9(5-1)10-6-2-4-8-12(10)13-11;;;/h2*4-9,11-18H,2-3,10H2,1H3;1-7H,13H2;2*1H;/q;;;;;+2/p-2. The number of hydrogen-bond donors (Lipinski definition) is 0. The van der Waals surface area contributed by atoms with Crippen LogP contribution in [0.3, 0.4) is 0 Å². The van der Waals surface area contributed by atoms with Gasteiger partial charge in [0.2, 0.25) is 0 Å². The minimum absolute atomic E-state index is 0.136. The summed E-state index contributed by atoms with van der Waals surface area (Å²) in [5, 5.41) is 2.96. The molecule has 0 N–H and O–H groups in total. The van der Waals surface area contributed by atoms with Crippen LogP contribution in [0.15, 0.2) is 199 Å². The molecule has 2 aliphatic carbocycles. The molecule has 1 aliphatic heterocycles. The van der Waals surface area contributed by atoms with E-state index in [1.54, 1.807) is 0 Å². The van der Waals surface area contributed by atoms with E-state index < -0.39 is 25.9 Å². The fraction of sp³-hybridized carbons (Fsp3) is 0.161. The van der Waals surface area contributed by atoms with Gasteiger partial charge in [-0.1, -0.05) is 0 Å². The summed E-state index contributed by atoms with van der Waals surface area (Å²) in [7, 11) is 18.3. The number of hydrogen-bond acceptors (Lipinski definition) is 0. The van der Waals surface area contributed by atoms with Gasteiger partial charge in [-0.3, -0.25) is 0 Å². The fourth-order valence-electron chi connectivity index (χ4n) is 12.1. The van der Waals surface area contributed by atoms with Gasteiger partial charge < -0.3 is 0 Å². The third kappa shape index (κ3) is 7.18. The van der Waals surface area contributed by atoms with Crippen LogP contribution in [-0.2, 0) is 16.4 Å². The molecule has 325 valence electrons. The molecule has 1 heterocycles. The molecule has 2 atom stereocenters. The van der Waals surface area contributed by atoms with Crippen molar-refractivity contribution in [2.75, 3.05) is 0 Å². The van der Waals surface area contributed by atoms with Gasteiger partial charge in [0, 0.05) is 0 Å². The monoisotopic (exact) mass is 987 g/mol. The summed E-state index contributed by atoms with van der Waals surface area (Å²) < 4.78 is 1.02. The number of fused-ring (bicyclic) bond motifs is 5. The van der Waals surface area contributed by atoms with E-state index in [2.05, 4.69) is 214 Å². The van der Waals surface area contributed by atoms with Crippen LogP contribution < -0.4 is 13.6 Å². The number of halogens is 2.